The number of para-hydroxylation sites is 1. The molecule has 0 radical (unpaired) electrons. The number of carbonyl (C=O) groups excluding carboxylic acids is 4. The van der Waals surface area contributed by atoms with Crippen molar-refractivity contribution in [2.45, 2.75) is 69.5 Å². The molecule has 3 aromatic carbocycles. The zero-order valence-electron chi connectivity index (χ0n) is 34.7. The van der Waals surface area contributed by atoms with Gasteiger partial charge < -0.3 is 30.5 Å². The van der Waals surface area contributed by atoms with Gasteiger partial charge >= 0.3 is 0 Å². The van der Waals surface area contributed by atoms with Crippen LogP contribution in [-0.4, -0.2) is 118 Å². The van der Waals surface area contributed by atoms with Crippen molar-refractivity contribution in [1.82, 2.24) is 30.0 Å². The van der Waals surface area contributed by atoms with E-state index in [2.05, 4.69) is 35.3 Å². The quantitative estimate of drug-likeness (QED) is 0.118. The minimum Gasteiger partial charge on any atom is -0.457 e. The van der Waals surface area contributed by atoms with Gasteiger partial charge in [-0.3, -0.25) is 34.8 Å². The molecule has 1 atom stereocenters. The van der Waals surface area contributed by atoms with Crippen molar-refractivity contribution in [3.05, 3.63) is 101 Å². The van der Waals surface area contributed by atoms with E-state index < -0.39 is 23.8 Å². The molecule has 1 saturated carbocycles. The number of nitrogen functional groups attached to an aromatic ring is 1. The highest BCUT2D eigenvalue weighted by Crippen LogP contribution is 2.46. The number of nitrogens with zero attached hydrogens (tertiary/aromatic N) is 6. The molecule has 1 unspecified atom stereocenters. The zero-order chi connectivity index (χ0) is 42.5. The Balaban J connectivity index is 0.658. The van der Waals surface area contributed by atoms with Gasteiger partial charge in [0.25, 0.3) is 11.8 Å². The van der Waals surface area contributed by atoms with Crippen molar-refractivity contribution in [3.8, 4) is 11.5 Å². The number of imide groups is 2. The monoisotopic (exact) mass is 836 g/mol. The average Bonchev–Trinajstić information content (AvgIpc) is 3.50. The van der Waals surface area contributed by atoms with E-state index >= 15 is 0 Å². The molecule has 5 aliphatic heterocycles. The summed E-state index contributed by atoms with van der Waals surface area (Å²) in [6, 6.07) is 22.3. The summed E-state index contributed by atoms with van der Waals surface area (Å²) in [5.74, 6) is 0.968. The summed E-state index contributed by atoms with van der Waals surface area (Å²) in [6.45, 7) is 7.27. The number of piperidine rings is 2. The fourth-order valence-electron chi connectivity index (χ4n) is 10.7. The maximum atomic E-state index is 13.3. The van der Waals surface area contributed by atoms with E-state index in [-0.39, 0.29) is 36.3 Å². The van der Waals surface area contributed by atoms with Crippen molar-refractivity contribution >= 4 is 46.7 Å². The third-order valence-electron chi connectivity index (χ3n) is 14.0. The topological polar surface area (TPSA) is 190 Å². The van der Waals surface area contributed by atoms with Gasteiger partial charge in [-0.05, 0) is 105 Å². The molecule has 4 saturated heterocycles. The van der Waals surface area contributed by atoms with E-state index in [1.807, 2.05) is 60.7 Å². The first kappa shape index (κ1) is 39.9. The minimum absolute atomic E-state index is 0.103. The first-order chi connectivity index (χ1) is 30.1. The number of amides is 4. The Morgan fingerprint density at radius 3 is 2.29 bits per heavy atom. The van der Waals surface area contributed by atoms with Crippen LogP contribution in [-0.2, 0) is 9.59 Å². The summed E-state index contributed by atoms with van der Waals surface area (Å²) in [6.07, 6.45) is 8.73. The predicted molar refractivity (Wildman–Crippen MR) is 233 cm³/mol. The second-order valence-electron chi connectivity index (χ2n) is 18.1. The third kappa shape index (κ3) is 7.68. The Hall–Kier alpha value is -6.19. The zero-order valence-corrected chi connectivity index (χ0v) is 34.7. The average molecular weight is 837 g/mol. The minimum atomic E-state index is -0.957. The summed E-state index contributed by atoms with van der Waals surface area (Å²) in [5.41, 5.74) is 9.86. The SMILES string of the molecule is N=C(c1ccc(Oc2ccccc2)cc1)c1c(N)ncnc1NC1CCN(C2CCC3(CC2)CN(CC2CN(c4ccc5c(c4)C(=O)N(C4CCC(=O)NC4=O)C5=O)C2)C3)CC1. The smallest absolute Gasteiger partial charge is 0.262 e. The van der Waals surface area contributed by atoms with Gasteiger partial charge in [-0.1, -0.05) is 18.2 Å². The number of benzene rings is 3. The number of nitrogens with two attached hydrogens (primary N) is 1. The molecule has 0 bridgehead atoms. The van der Waals surface area contributed by atoms with E-state index in [0.29, 0.717) is 51.2 Å². The van der Waals surface area contributed by atoms with Crippen LogP contribution in [0.2, 0.25) is 0 Å². The van der Waals surface area contributed by atoms with Gasteiger partial charge in [0.15, 0.2) is 0 Å². The molecule has 1 aliphatic carbocycles. The summed E-state index contributed by atoms with van der Waals surface area (Å²) in [5, 5.41) is 14.9. The third-order valence-corrected chi connectivity index (χ3v) is 14.0. The Morgan fingerprint density at radius 1 is 0.855 bits per heavy atom. The van der Waals surface area contributed by atoms with Gasteiger partial charge in [0.1, 0.15) is 35.5 Å². The highest BCUT2D eigenvalue weighted by Gasteiger charge is 2.48. The fourth-order valence-corrected chi connectivity index (χ4v) is 10.7. The molecule has 1 aromatic heterocycles. The first-order valence-electron chi connectivity index (χ1n) is 22.0. The Morgan fingerprint density at radius 2 is 1.56 bits per heavy atom. The number of ether oxygens (including phenoxy) is 1. The van der Waals surface area contributed by atoms with E-state index in [1.54, 1.807) is 12.1 Å². The largest absolute Gasteiger partial charge is 0.457 e. The highest BCUT2D eigenvalue weighted by molar-refractivity contribution is 6.23. The first-order valence-corrected chi connectivity index (χ1v) is 22.0. The summed E-state index contributed by atoms with van der Waals surface area (Å²) >= 11 is 0. The lowest BCUT2D eigenvalue weighted by molar-refractivity contribution is -0.136. The van der Waals surface area contributed by atoms with Crippen LogP contribution in [0.5, 0.6) is 11.5 Å². The lowest BCUT2D eigenvalue weighted by Gasteiger charge is -2.56. The molecular formula is C47H52N10O5. The Kier molecular flexibility index (Phi) is 10.5. The number of carbonyl (C=O) groups is 4. The summed E-state index contributed by atoms with van der Waals surface area (Å²) in [7, 11) is 0. The molecule has 15 nitrogen and oxygen atoms in total. The number of aromatic nitrogens is 2. The maximum Gasteiger partial charge on any atom is 0.262 e. The number of likely N-dealkylation sites (tertiary alicyclic amines) is 2. The van der Waals surface area contributed by atoms with Gasteiger partial charge in [-0.25, -0.2) is 9.97 Å². The van der Waals surface area contributed by atoms with Crippen molar-refractivity contribution in [2.24, 2.45) is 11.3 Å². The van der Waals surface area contributed by atoms with Crippen LogP contribution in [0.15, 0.2) is 79.1 Å². The molecule has 4 amide bonds. The molecular weight excluding hydrogens is 785 g/mol. The molecule has 10 rings (SSSR count). The highest BCUT2D eigenvalue weighted by atomic mass is 16.5. The van der Waals surface area contributed by atoms with Crippen LogP contribution in [0.25, 0.3) is 0 Å². The standard InChI is InChI=1S/C47H52N10O5/c48-41(30-6-9-35(10-7-30)62-34-4-2-1-3-5-34)40-42(49)50-28-51-43(40)52-31-16-20-55(21-17-31)32-14-18-47(19-15-32)26-54(27-47)23-29-24-56(25-29)33-8-11-36-37(22-33)46(61)57(45(36)60)38-12-13-39(58)53-44(38)59/h1-11,22,28-29,31-32,38,48H,12-21,23-27H2,(H,53,58,59)(H3,49,50,51,52). The lowest BCUT2D eigenvalue weighted by Crippen LogP contribution is -2.62. The number of nitrogens with one attached hydrogen (secondary N) is 3. The number of fused-ring (bicyclic) bond motifs is 1. The van der Waals surface area contributed by atoms with E-state index in [1.165, 1.54) is 45.1 Å². The Bertz CT molecular complexity index is 2400. The number of hydrogen-bond acceptors (Lipinski definition) is 13. The molecule has 5 fully saturated rings. The van der Waals surface area contributed by atoms with Crippen molar-refractivity contribution in [3.63, 3.8) is 0 Å². The predicted octanol–water partition coefficient (Wildman–Crippen LogP) is 4.93. The van der Waals surface area contributed by atoms with Crippen molar-refractivity contribution < 1.29 is 23.9 Å². The van der Waals surface area contributed by atoms with Crippen LogP contribution in [0.3, 0.4) is 0 Å². The van der Waals surface area contributed by atoms with Gasteiger partial charge in [-0.15, -0.1) is 0 Å². The number of hydrogen-bond donors (Lipinski definition) is 4. The molecule has 15 heteroatoms. The van der Waals surface area contributed by atoms with Crippen LogP contribution in [0, 0.1) is 16.7 Å². The fraction of sp³-hybridized carbons (Fsp3) is 0.426. The number of rotatable bonds is 11. The van der Waals surface area contributed by atoms with Gasteiger partial charge in [0.2, 0.25) is 11.8 Å². The molecule has 62 heavy (non-hydrogen) atoms. The Labute approximate surface area is 360 Å². The van der Waals surface area contributed by atoms with Crippen LogP contribution in [0.4, 0.5) is 17.3 Å². The van der Waals surface area contributed by atoms with Gasteiger partial charge in [-0.2, -0.15) is 0 Å². The second kappa shape index (κ2) is 16.3. The van der Waals surface area contributed by atoms with Gasteiger partial charge in [0.05, 0.1) is 22.4 Å². The molecule has 320 valence electrons. The van der Waals surface area contributed by atoms with Crippen molar-refractivity contribution in [1.29, 1.82) is 5.41 Å². The number of anilines is 3. The molecule has 1 spiro atoms. The normalized spacial score (nSPS) is 22.3. The van der Waals surface area contributed by atoms with Crippen molar-refractivity contribution in [2.75, 3.05) is 61.8 Å². The summed E-state index contributed by atoms with van der Waals surface area (Å²) in [4.78, 5) is 67.9. The maximum absolute atomic E-state index is 13.3. The van der Waals surface area contributed by atoms with Gasteiger partial charge in [0, 0.05) is 81.5 Å². The van der Waals surface area contributed by atoms with E-state index in [0.717, 1.165) is 61.9 Å². The summed E-state index contributed by atoms with van der Waals surface area (Å²) < 4.78 is 5.94. The van der Waals surface area contributed by atoms with E-state index in [9.17, 15) is 19.2 Å². The second-order valence-corrected chi connectivity index (χ2v) is 18.1. The van der Waals surface area contributed by atoms with E-state index in [4.69, 9.17) is 15.9 Å². The molecule has 4 aromatic rings. The molecule has 6 aliphatic rings. The lowest BCUT2D eigenvalue weighted by atomic mass is 9.67. The molecule has 6 heterocycles. The van der Waals surface area contributed by atoms with Crippen LogP contribution < -0.4 is 26.0 Å². The van der Waals surface area contributed by atoms with Crippen LogP contribution in [0.1, 0.15) is 83.2 Å². The molecule has 5 N–H and O–H groups in total. The van der Waals surface area contributed by atoms with Crippen LogP contribution >= 0.6 is 0 Å².